The van der Waals surface area contributed by atoms with Gasteiger partial charge in [0.15, 0.2) is 0 Å². The number of anilines is 1. The van der Waals surface area contributed by atoms with Gasteiger partial charge in [0.2, 0.25) is 0 Å². The zero-order valence-electron chi connectivity index (χ0n) is 17.0. The van der Waals surface area contributed by atoms with Crippen molar-refractivity contribution in [3.05, 3.63) is 95.1 Å². The summed E-state index contributed by atoms with van der Waals surface area (Å²) in [6.45, 7) is 3.40. The normalized spacial score (nSPS) is 12.1. The summed E-state index contributed by atoms with van der Waals surface area (Å²) in [6, 6.07) is 19.2. The summed E-state index contributed by atoms with van der Waals surface area (Å²) in [5, 5.41) is 12.0. The maximum Gasteiger partial charge on any atom is 0.335 e. The number of carboxylic acids is 1. The van der Waals surface area contributed by atoms with Crippen LogP contribution in [0.3, 0.4) is 0 Å². The Morgan fingerprint density at radius 1 is 0.935 bits per heavy atom. The number of nitrogens with one attached hydrogen (secondary N) is 2. The molecule has 0 aromatic heterocycles. The van der Waals surface area contributed by atoms with E-state index in [1.54, 1.807) is 19.1 Å². The molecule has 160 valence electrons. The number of para-hydroxylation sites is 1. The van der Waals surface area contributed by atoms with Crippen molar-refractivity contribution in [1.29, 1.82) is 0 Å². The number of carboxylic acid groups (broad SMARTS) is 1. The highest BCUT2D eigenvalue weighted by molar-refractivity contribution is 7.92. The molecule has 3 rings (SSSR count). The molecule has 1 atom stereocenters. The third-order valence-electron chi connectivity index (χ3n) is 4.79. The average Bonchev–Trinajstić information content (AvgIpc) is 2.74. The number of aryl methyl sites for hydroxylation is 1. The number of carbonyl (C=O) groups excluding carboxylic acids is 1. The van der Waals surface area contributed by atoms with E-state index in [1.807, 2.05) is 37.3 Å². The Labute approximate surface area is 180 Å². The number of sulfonamides is 1. The lowest BCUT2D eigenvalue weighted by Gasteiger charge is -2.17. The molecule has 31 heavy (non-hydrogen) atoms. The minimum absolute atomic E-state index is 0.0976. The van der Waals surface area contributed by atoms with Gasteiger partial charge in [-0.2, -0.15) is 0 Å². The highest BCUT2D eigenvalue weighted by Crippen LogP contribution is 2.24. The predicted molar refractivity (Wildman–Crippen MR) is 118 cm³/mol. The number of amides is 1. The lowest BCUT2D eigenvalue weighted by atomic mass is 10.1. The van der Waals surface area contributed by atoms with Gasteiger partial charge in [-0.1, -0.05) is 48.5 Å². The summed E-state index contributed by atoms with van der Waals surface area (Å²) in [5.41, 5.74) is 1.40. The Balaban J connectivity index is 1.89. The first-order valence-corrected chi connectivity index (χ1v) is 11.0. The van der Waals surface area contributed by atoms with E-state index < -0.39 is 21.9 Å². The Hall–Kier alpha value is -3.65. The number of rotatable bonds is 7. The van der Waals surface area contributed by atoms with Crippen molar-refractivity contribution < 1.29 is 23.1 Å². The molecule has 8 heteroatoms. The molecule has 0 aliphatic carbocycles. The van der Waals surface area contributed by atoms with Crippen molar-refractivity contribution in [3.63, 3.8) is 0 Å². The first-order chi connectivity index (χ1) is 14.7. The van der Waals surface area contributed by atoms with Gasteiger partial charge in [-0.15, -0.1) is 0 Å². The summed E-state index contributed by atoms with van der Waals surface area (Å²) >= 11 is 0. The van der Waals surface area contributed by atoms with Crippen molar-refractivity contribution in [2.75, 3.05) is 4.72 Å². The van der Waals surface area contributed by atoms with Gasteiger partial charge in [0.1, 0.15) is 0 Å². The summed E-state index contributed by atoms with van der Waals surface area (Å²) < 4.78 is 28.4. The molecule has 0 radical (unpaired) electrons. The van der Waals surface area contributed by atoms with Crippen LogP contribution in [0.1, 0.15) is 44.8 Å². The van der Waals surface area contributed by atoms with Gasteiger partial charge in [0.25, 0.3) is 15.9 Å². The second-order valence-corrected chi connectivity index (χ2v) is 8.69. The summed E-state index contributed by atoms with van der Waals surface area (Å²) in [6.07, 6.45) is 0. The zero-order chi connectivity index (χ0) is 22.6. The average molecular weight is 439 g/mol. The molecule has 7 nitrogen and oxygen atoms in total. The molecular formula is C23H22N2O5S. The zero-order valence-corrected chi connectivity index (χ0v) is 17.8. The van der Waals surface area contributed by atoms with Gasteiger partial charge in [-0.05, 0) is 49.2 Å². The molecule has 3 aromatic rings. The van der Waals surface area contributed by atoms with Crippen molar-refractivity contribution >= 4 is 27.6 Å². The van der Waals surface area contributed by atoms with Crippen molar-refractivity contribution in [1.82, 2.24) is 5.32 Å². The minimum atomic E-state index is -4.13. The monoisotopic (exact) mass is 438 g/mol. The van der Waals surface area contributed by atoms with Crippen LogP contribution in [0.5, 0.6) is 0 Å². The number of aromatic carboxylic acids is 1. The fraction of sp³-hybridized carbons (Fsp3) is 0.130. The molecule has 0 spiro atoms. The molecule has 0 heterocycles. The third kappa shape index (κ3) is 5.10. The van der Waals surface area contributed by atoms with Gasteiger partial charge in [0, 0.05) is 0 Å². The van der Waals surface area contributed by atoms with E-state index in [4.69, 9.17) is 0 Å². The van der Waals surface area contributed by atoms with Crippen LogP contribution >= 0.6 is 0 Å². The molecule has 0 saturated heterocycles. The van der Waals surface area contributed by atoms with E-state index in [0.717, 1.165) is 11.6 Å². The molecule has 0 unspecified atom stereocenters. The molecule has 0 saturated carbocycles. The summed E-state index contributed by atoms with van der Waals surface area (Å²) in [5.74, 6) is -1.67. The molecule has 3 N–H and O–H groups in total. The fourth-order valence-electron chi connectivity index (χ4n) is 3.09. The Bertz CT molecular complexity index is 1220. The number of hydrogen-bond acceptors (Lipinski definition) is 4. The van der Waals surface area contributed by atoms with Gasteiger partial charge < -0.3 is 10.4 Å². The fourth-order valence-corrected chi connectivity index (χ4v) is 4.44. The summed E-state index contributed by atoms with van der Waals surface area (Å²) in [7, 11) is -4.13. The highest BCUT2D eigenvalue weighted by Gasteiger charge is 2.22. The topological polar surface area (TPSA) is 113 Å². The van der Waals surface area contributed by atoms with E-state index in [-0.39, 0.29) is 27.8 Å². The Kier molecular flexibility index (Phi) is 6.41. The van der Waals surface area contributed by atoms with Crippen LogP contribution in [0.4, 0.5) is 5.69 Å². The van der Waals surface area contributed by atoms with E-state index in [0.29, 0.717) is 5.56 Å². The molecule has 0 fully saturated rings. The van der Waals surface area contributed by atoms with Crippen molar-refractivity contribution in [2.45, 2.75) is 24.8 Å². The van der Waals surface area contributed by atoms with Gasteiger partial charge in [-0.25, -0.2) is 13.2 Å². The smallest absolute Gasteiger partial charge is 0.335 e. The van der Waals surface area contributed by atoms with Crippen LogP contribution in [0.25, 0.3) is 0 Å². The quantitative estimate of drug-likeness (QED) is 0.516. The van der Waals surface area contributed by atoms with Crippen LogP contribution in [0.2, 0.25) is 0 Å². The van der Waals surface area contributed by atoms with Crippen LogP contribution < -0.4 is 10.0 Å². The van der Waals surface area contributed by atoms with Crippen molar-refractivity contribution in [3.8, 4) is 0 Å². The first kappa shape index (κ1) is 22.0. The standard InChI is InChI=1S/C23H22N2O5S/c1-15-12-13-18(23(27)28)14-21(15)31(29,30)25-20-11-7-6-10-19(20)22(26)24-16(2)17-8-4-3-5-9-17/h3-14,16,25H,1-2H3,(H,24,26)(H,27,28)/t16-/m1/s1. The van der Waals surface area contributed by atoms with Crippen LogP contribution in [0, 0.1) is 6.92 Å². The van der Waals surface area contributed by atoms with Crippen LogP contribution in [-0.2, 0) is 10.0 Å². The molecule has 1 amide bonds. The minimum Gasteiger partial charge on any atom is -0.478 e. The highest BCUT2D eigenvalue weighted by atomic mass is 32.2. The lowest BCUT2D eigenvalue weighted by molar-refractivity contribution is 0.0696. The molecular weight excluding hydrogens is 416 g/mol. The van der Waals surface area contributed by atoms with E-state index >= 15 is 0 Å². The maximum absolute atomic E-state index is 13.0. The van der Waals surface area contributed by atoms with Crippen LogP contribution in [0.15, 0.2) is 77.7 Å². The van der Waals surface area contributed by atoms with Crippen LogP contribution in [-0.4, -0.2) is 25.4 Å². The lowest BCUT2D eigenvalue weighted by Crippen LogP contribution is -2.28. The summed E-state index contributed by atoms with van der Waals surface area (Å²) in [4.78, 5) is 23.9. The molecule has 0 aliphatic rings. The predicted octanol–water partition coefficient (Wildman–Crippen LogP) is 3.99. The van der Waals surface area contributed by atoms with E-state index in [1.165, 1.54) is 24.3 Å². The van der Waals surface area contributed by atoms with Gasteiger partial charge >= 0.3 is 5.97 Å². The second-order valence-electron chi connectivity index (χ2n) is 7.04. The molecule has 0 aliphatic heterocycles. The first-order valence-electron chi connectivity index (χ1n) is 9.50. The Morgan fingerprint density at radius 2 is 1.58 bits per heavy atom. The third-order valence-corrected chi connectivity index (χ3v) is 6.30. The maximum atomic E-state index is 13.0. The second kappa shape index (κ2) is 9.01. The SMILES string of the molecule is Cc1ccc(C(=O)O)cc1S(=O)(=O)Nc1ccccc1C(=O)N[C@H](C)c1ccccc1. The Morgan fingerprint density at radius 3 is 2.26 bits per heavy atom. The largest absolute Gasteiger partial charge is 0.478 e. The van der Waals surface area contributed by atoms with Crippen molar-refractivity contribution in [2.24, 2.45) is 0 Å². The van der Waals surface area contributed by atoms with Gasteiger partial charge in [-0.3, -0.25) is 9.52 Å². The van der Waals surface area contributed by atoms with E-state index in [2.05, 4.69) is 10.0 Å². The number of carbonyl (C=O) groups is 2. The number of hydrogen-bond donors (Lipinski definition) is 3. The van der Waals surface area contributed by atoms with E-state index in [9.17, 15) is 23.1 Å². The van der Waals surface area contributed by atoms with Gasteiger partial charge in [0.05, 0.1) is 27.8 Å². The molecule has 0 bridgehead atoms. The number of benzene rings is 3. The molecule has 3 aromatic carbocycles.